The lowest BCUT2D eigenvalue weighted by atomic mass is 9.82. The molecule has 11 heteroatoms. The molecular formula is C38H56N4O6S. The number of nitrogens with one attached hydrogen (secondary N) is 2. The van der Waals surface area contributed by atoms with Crippen molar-refractivity contribution in [3.63, 3.8) is 0 Å². The van der Waals surface area contributed by atoms with Crippen molar-refractivity contribution >= 4 is 21.8 Å². The molecule has 0 aliphatic heterocycles. The van der Waals surface area contributed by atoms with Crippen LogP contribution in [0.1, 0.15) is 82.9 Å². The fourth-order valence-electron chi connectivity index (χ4n) is 6.49. The van der Waals surface area contributed by atoms with Crippen molar-refractivity contribution in [1.82, 2.24) is 19.9 Å². The Hall–Kier alpha value is -3.30. The van der Waals surface area contributed by atoms with Crippen molar-refractivity contribution < 1.29 is 28.2 Å². The summed E-state index contributed by atoms with van der Waals surface area (Å²) in [6.45, 7) is 4.11. The topological polar surface area (TPSA) is 149 Å². The van der Waals surface area contributed by atoms with Gasteiger partial charge in [-0.3, -0.25) is 14.6 Å². The van der Waals surface area contributed by atoms with Crippen molar-refractivity contribution in [2.24, 2.45) is 17.8 Å². The summed E-state index contributed by atoms with van der Waals surface area (Å²) in [6, 6.07) is 12.9. The van der Waals surface area contributed by atoms with Crippen LogP contribution >= 0.6 is 0 Å². The van der Waals surface area contributed by atoms with Gasteiger partial charge in [-0.05, 0) is 55.2 Å². The molecule has 5 atom stereocenters. The number of nitrogens with zero attached hydrogens (tertiary/aromatic N) is 2. The molecule has 1 aromatic carbocycles. The number of aliphatic hydroxyl groups excluding tert-OH is 2. The summed E-state index contributed by atoms with van der Waals surface area (Å²) in [5.41, 5.74) is 1.54. The number of carbonyl (C=O) groups is 2. The maximum atomic E-state index is 13.9. The minimum Gasteiger partial charge on any atom is -0.390 e. The van der Waals surface area contributed by atoms with Crippen molar-refractivity contribution in [2.75, 3.05) is 19.3 Å². The van der Waals surface area contributed by atoms with Crippen LogP contribution in [0.2, 0.25) is 0 Å². The monoisotopic (exact) mass is 696 g/mol. The van der Waals surface area contributed by atoms with Crippen LogP contribution in [0.25, 0.3) is 0 Å². The summed E-state index contributed by atoms with van der Waals surface area (Å²) in [6.07, 6.45) is 12.1. The summed E-state index contributed by atoms with van der Waals surface area (Å²) in [4.78, 5) is 32.1. The molecule has 49 heavy (non-hydrogen) atoms. The van der Waals surface area contributed by atoms with Crippen molar-refractivity contribution in [3.05, 3.63) is 66.0 Å². The molecule has 1 fully saturated rings. The van der Waals surface area contributed by atoms with Crippen LogP contribution in [0.5, 0.6) is 0 Å². The van der Waals surface area contributed by atoms with Gasteiger partial charge in [-0.25, -0.2) is 12.7 Å². The zero-order chi connectivity index (χ0) is 35.8. The molecule has 1 aliphatic carbocycles. The number of terminal acetylenes is 1. The second kappa shape index (κ2) is 20.4. The third kappa shape index (κ3) is 13.9. The van der Waals surface area contributed by atoms with Gasteiger partial charge in [0.15, 0.2) is 0 Å². The SMILES string of the molecule is C#CCC[C@H](NC(=O)[C@H](Cc1ccccc1)CS(=O)(=O)N(C)CCc1ccccn1)C(=O)NC(CC1CCCCC1)[C@@H](O)[C@@H](O)CC(C)C. The molecule has 2 aromatic rings. The van der Waals surface area contributed by atoms with Gasteiger partial charge in [-0.15, -0.1) is 12.3 Å². The first kappa shape index (κ1) is 40.1. The largest absolute Gasteiger partial charge is 0.390 e. The van der Waals surface area contributed by atoms with E-state index >= 15 is 0 Å². The lowest BCUT2D eigenvalue weighted by molar-refractivity contribution is -0.132. The van der Waals surface area contributed by atoms with Gasteiger partial charge in [-0.1, -0.05) is 82.3 Å². The molecule has 1 heterocycles. The van der Waals surface area contributed by atoms with Crippen LogP contribution in [-0.2, 0) is 32.5 Å². The highest BCUT2D eigenvalue weighted by Crippen LogP contribution is 2.29. The van der Waals surface area contributed by atoms with E-state index < -0.39 is 57.8 Å². The zero-order valence-corrected chi connectivity index (χ0v) is 30.2. The number of benzene rings is 1. The molecule has 270 valence electrons. The first-order chi connectivity index (χ1) is 23.4. The van der Waals surface area contributed by atoms with Gasteiger partial charge in [0.05, 0.1) is 23.8 Å². The van der Waals surface area contributed by atoms with Gasteiger partial charge in [0.2, 0.25) is 21.8 Å². The molecule has 0 bridgehead atoms. The molecule has 1 aromatic heterocycles. The van der Waals surface area contributed by atoms with E-state index in [2.05, 4.69) is 21.5 Å². The highest BCUT2D eigenvalue weighted by atomic mass is 32.2. The van der Waals surface area contributed by atoms with Crippen LogP contribution in [0.4, 0.5) is 0 Å². The van der Waals surface area contributed by atoms with E-state index in [1.165, 1.54) is 11.4 Å². The standard InChI is InChI=1S/C38H56N4O6S/c1-5-6-20-33(38(46)41-34(26-30-17-11-8-12-18-30)36(44)35(43)24-28(2)3)40-37(45)31(25-29-15-9-7-10-16-29)27-49(47,48)42(4)23-21-32-19-13-14-22-39-32/h1,7,9-10,13-16,19,22,28,30-31,33-36,43-44H,6,8,11-12,17-18,20-21,23-27H2,2-4H3,(H,40,45)(H,41,46)/t31-,33+,34?,35+,36-/m1/s1. The van der Waals surface area contributed by atoms with E-state index in [-0.39, 0.29) is 31.7 Å². The number of sulfonamides is 1. The predicted molar refractivity (Wildman–Crippen MR) is 193 cm³/mol. The summed E-state index contributed by atoms with van der Waals surface area (Å²) < 4.78 is 28.4. The molecule has 1 saturated carbocycles. The number of amides is 2. The van der Waals surface area contributed by atoms with E-state index in [4.69, 9.17) is 6.42 Å². The molecule has 0 saturated heterocycles. The predicted octanol–water partition coefficient (Wildman–Crippen LogP) is 3.87. The number of aromatic nitrogens is 1. The normalized spacial score (nSPS) is 17.1. The molecule has 4 N–H and O–H groups in total. The number of carbonyl (C=O) groups excluding carboxylic acids is 2. The Morgan fingerprint density at radius 3 is 2.35 bits per heavy atom. The number of hydrogen-bond donors (Lipinski definition) is 4. The van der Waals surface area contributed by atoms with Gasteiger partial charge in [-0.2, -0.15) is 0 Å². The molecule has 10 nitrogen and oxygen atoms in total. The number of hydrogen-bond acceptors (Lipinski definition) is 7. The summed E-state index contributed by atoms with van der Waals surface area (Å²) in [5, 5.41) is 27.8. The Morgan fingerprint density at radius 2 is 1.71 bits per heavy atom. The average Bonchev–Trinajstić information content (AvgIpc) is 3.08. The van der Waals surface area contributed by atoms with Gasteiger partial charge in [0, 0.05) is 38.3 Å². The second-order valence-electron chi connectivity index (χ2n) is 13.9. The molecular weight excluding hydrogens is 641 g/mol. The van der Waals surface area contributed by atoms with E-state index in [9.17, 15) is 28.2 Å². The average molecular weight is 697 g/mol. The Kier molecular flexibility index (Phi) is 16.7. The summed E-state index contributed by atoms with van der Waals surface area (Å²) >= 11 is 0. The van der Waals surface area contributed by atoms with Gasteiger partial charge in [0.25, 0.3) is 0 Å². The molecule has 1 aliphatic rings. The molecule has 0 spiro atoms. The lowest BCUT2D eigenvalue weighted by Crippen LogP contribution is -2.56. The minimum absolute atomic E-state index is 0.129. The van der Waals surface area contributed by atoms with Crippen LogP contribution in [0.15, 0.2) is 54.7 Å². The number of likely N-dealkylation sites (N-methyl/N-ethyl adjacent to an activating group) is 1. The smallest absolute Gasteiger partial charge is 0.242 e. The third-order valence-electron chi connectivity index (χ3n) is 9.36. The summed E-state index contributed by atoms with van der Waals surface area (Å²) in [5.74, 6) is 0.421. The maximum Gasteiger partial charge on any atom is 0.242 e. The first-order valence-electron chi connectivity index (χ1n) is 17.7. The van der Waals surface area contributed by atoms with Gasteiger partial charge < -0.3 is 20.8 Å². The second-order valence-corrected chi connectivity index (χ2v) is 16.0. The Labute approximate surface area is 293 Å². The van der Waals surface area contributed by atoms with Crippen LogP contribution in [-0.4, -0.2) is 83.4 Å². The van der Waals surface area contributed by atoms with Crippen LogP contribution in [0, 0.1) is 30.1 Å². The van der Waals surface area contributed by atoms with Gasteiger partial charge in [0.1, 0.15) is 12.1 Å². The zero-order valence-electron chi connectivity index (χ0n) is 29.3. The Morgan fingerprint density at radius 1 is 1.02 bits per heavy atom. The highest BCUT2D eigenvalue weighted by molar-refractivity contribution is 7.89. The minimum atomic E-state index is -3.88. The Balaban J connectivity index is 1.80. The van der Waals surface area contributed by atoms with Crippen LogP contribution in [0.3, 0.4) is 0 Å². The maximum absolute atomic E-state index is 13.9. The lowest BCUT2D eigenvalue weighted by Gasteiger charge is -2.34. The van der Waals surface area contributed by atoms with Crippen molar-refractivity contribution in [1.29, 1.82) is 0 Å². The van der Waals surface area contributed by atoms with Crippen LogP contribution < -0.4 is 10.6 Å². The van der Waals surface area contributed by atoms with E-state index in [1.807, 2.05) is 56.3 Å². The van der Waals surface area contributed by atoms with E-state index in [1.54, 1.807) is 12.3 Å². The van der Waals surface area contributed by atoms with Crippen molar-refractivity contribution in [3.8, 4) is 12.3 Å². The fourth-order valence-corrected chi connectivity index (χ4v) is 7.89. The molecule has 0 radical (unpaired) electrons. The first-order valence-corrected chi connectivity index (χ1v) is 19.3. The van der Waals surface area contributed by atoms with Crippen molar-refractivity contribution in [2.45, 2.75) is 109 Å². The number of pyridine rings is 1. The molecule has 3 rings (SSSR count). The quantitative estimate of drug-likeness (QED) is 0.154. The van der Waals surface area contributed by atoms with Gasteiger partial charge >= 0.3 is 0 Å². The molecule has 2 amide bonds. The number of rotatable bonds is 20. The molecule has 1 unspecified atom stereocenters. The highest BCUT2D eigenvalue weighted by Gasteiger charge is 2.35. The van der Waals surface area contributed by atoms with E-state index in [0.29, 0.717) is 25.2 Å². The Bertz CT molecular complexity index is 1430. The summed E-state index contributed by atoms with van der Waals surface area (Å²) in [7, 11) is -2.39. The third-order valence-corrected chi connectivity index (χ3v) is 11.3. The fraction of sp³-hybridized carbons (Fsp3) is 0.605. The number of aliphatic hydroxyl groups is 2. The van der Waals surface area contributed by atoms with E-state index in [0.717, 1.165) is 43.4 Å².